The van der Waals surface area contributed by atoms with Crippen LogP contribution in [0.1, 0.15) is 45.4 Å². The highest BCUT2D eigenvalue weighted by Gasteiger charge is 2.44. The molecule has 1 rings (SSSR count). The molecule has 0 aromatic heterocycles. The van der Waals surface area contributed by atoms with Crippen molar-refractivity contribution in [1.29, 1.82) is 0 Å². The highest BCUT2D eigenvalue weighted by molar-refractivity contribution is 6.45. The van der Waals surface area contributed by atoms with Crippen LogP contribution in [-0.4, -0.2) is 23.3 Å². The Morgan fingerprint density at radius 3 is 2.69 bits per heavy atom. The summed E-state index contributed by atoms with van der Waals surface area (Å²) >= 11 is 0. The number of hydrogen-bond acceptors (Lipinski definition) is 2. The molecule has 1 fully saturated rings. The van der Waals surface area contributed by atoms with Crippen molar-refractivity contribution in [3.05, 3.63) is 0 Å². The van der Waals surface area contributed by atoms with E-state index >= 15 is 0 Å². The fraction of sp³-hybridized carbons (Fsp3) is 1.00. The van der Waals surface area contributed by atoms with E-state index in [2.05, 4.69) is 0 Å². The van der Waals surface area contributed by atoms with Crippen molar-refractivity contribution in [2.75, 3.05) is 0 Å². The zero-order chi connectivity index (χ0) is 9.90. The van der Waals surface area contributed by atoms with Gasteiger partial charge < -0.3 is 10.0 Å². The number of halogens is 1. The van der Waals surface area contributed by atoms with Crippen LogP contribution in [0.3, 0.4) is 0 Å². The first-order valence-electron chi connectivity index (χ1n) is 5.11. The zero-order valence-corrected chi connectivity index (χ0v) is 8.17. The summed E-state index contributed by atoms with van der Waals surface area (Å²) in [7, 11) is -1.36. The Kier molecular flexibility index (Phi) is 3.74. The topological polar surface area (TPSA) is 40.5 Å². The zero-order valence-electron chi connectivity index (χ0n) is 8.17. The van der Waals surface area contributed by atoms with Gasteiger partial charge >= 0.3 is 7.12 Å². The summed E-state index contributed by atoms with van der Waals surface area (Å²) < 4.78 is 13.1. The fourth-order valence-corrected chi connectivity index (χ4v) is 2.41. The van der Waals surface area contributed by atoms with Crippen LogP contribution in [0.25, 0.3) is 0 Å². The Morgan fingerprint density at radius 1 is 1.54 bits per heavy atom. The number of hydrogen-bond donors (Lipinski definition) is 2. The first kappa shape index (κ1) is 11.0. The van der Waals surface area contributed by atoms with Gasteiger partial charge in [-0.1, -0.05) is 19.8 Å². The molecular formula is C9H18BFO2. The predicted octanol–water partition coefficient (Wildman–Crippen LogP) is 1.91. The molecule has 2 nitrogen and oxygen atoms in total. The molecule has 1 saturated carbocycles. The van der Waals surface area contributed by atoms with Crippen LogP contribution in [0.2, 0.25) is 5.31 Å². The molecule has 0 aromatic rings. The molecule has 2 atom stereocenters. The van der Waals surface area contributed by atoms with Crippen LogP contribution in [0.15, 0.2) is 0 Å². The number of alkyl halides is 1. The van der Waals surface area contributed by atoms with Crippen molar-refractivity contribution in [2.45, 2.75) is 56.9 Å². The summed E-state index contributed by atoms with van der Waals surface area (Å²) in [6.45, 7) is 1.99. The molecule has 0 bridgehead atoms. The van der Waals surface area contributed by atoms with Crippen LogP contribution in [-0.2, 0) is 0 Å². The van der Waals surface area contributed by atoms with Gasteiger partial charge in [0.05, 0.1) is 0 Å². The molecule has 0 spiro atoms. The lowest BCUT2D eigenvalue weighted by atomic mass is 9.49. The second-order valence-electron chi connectivity index (χ2n) is 4.18. The Balaban J connectivity index is 2.64. The van der Waals surface area contributed by atoms with Crippen molar-refractivity contribution >= 4 is 7.12 Å². The minimum Gasteiger partial charge on any atom is -0.427 e. The third-order valence-corrected chi connectivity index (χ3v) is 3.12. The molecule has 0 amide bonds. The SMILES string of the molecule is CCCC1(B(O)O)CCCC(F)C1. The third kappa shape index (κ3) is 2.44. The van der Waals surface area contributed by atoms with Gasteiger partial charge in [0, 0.05) is 5.31 Å². The molecule has 0 heterocycles. The third-order valence-electron chi connectivity index (χ3n) is 3.12. The van der Waals surface area contributed by atoms with Crippen LogP contribution in [0.5, 0.6) is 0 Å². The molecule has 0 radical (unpaired) electrons. The molecule has 13 heavy (non-hydrogen) atoms. The first-order valence-corrected chi connectivity index (χ1v) is 5.11. The van der Waals surface area contributed by atoms with Gasteiger partial charge in [0.15, 0.2) is 0 Å². The first-order chi connectivity index (χ1) is 6.10. The second kappa shape index (κ2) is 4.42. The molecule has 0 aliphatic heterocycles. The lowest BCUT2D eigenvalue weighted by Gasteiger charge is -2.37. The Morgan fingerprint density at radius 2 is 2.23 bits per heavy atom. The highest BCUT2D eigenvalue weighted by Crippen LogP contribution is 2.48. The van der Waals surface area contributed by atoms with Gasteiger partial charge in [-0.15, -0.1) is 0 Å². The quantitative estimate of drug-likeness (QED) is 0.664. The van der Waals surface area contributed by atoms with E-state index in [1.807, 2.05) is 6.92 Å². The fourth-order valence-electron chi connectivity index (χ4n) is 2.41. The van der Waals surface area contributed by atoms with E-state index in [4.69, 9.17) is 0 Å². The van der Waals surface area contributed by atoms with E-state index in [-0.39, 0.29) is 0 Å². The highest BCUT2D eigenvalue weighted by atomic mass is 19.1. The predicted molar refractivity (Wildman–Crippen MR) is 51.2 cm³/mol. The van der Waals surface area contributed by atoms with E-state index in [0.717, 1.165) is 19.3 Å². The molecular weight excluding hydrogens is 170 g/mol. The van der Waals surface area contributed by atoms with Crippen LogP contribution >= 0.6 is 0 Å². The van der Waals surface area contributed by atoms with E-state index < -0.39 is 18.6 Å². The Hall–Kier alpha value is -0.0851. The van der Waals surface area contributed by atoms with Crippen molar-refractivity contribution in [3.8, 4) is 0 Å². The Bertz CT molecular complexity index is 162. The molecule has 2 N–H and O–H groups in total. The van der Waals surface area contributed by atoms with Crippen molar-refractivity contribution < 1.29 is 14.4 Å². The molecule has 0 aromatic carbocycles. The number of rotatable bonds is 3. The minimum absolute atomic E-state index is 0.318. The Labute approximate surface area is 79.3 Å². The molecule has 1 aliphatic rings. The van der Waals surface area contributed by atoms with Gasteiger partial charge in [-0.3, -0.25) is 0 Å². The van der Waals surface area contributed by atoms with Gasteiger partial charge in [-0.25, -0.2) is 4.39 Å². The van der Waals surface area contributed by atoms with E-state index in [0.29, 0.717) is 19.3 Å². The van der Waals surface area contributed by atoms with Crippen LogP contribution in [0, 0.1) is 0 Å². The smallest absolute Gasteiger partial charge is 0.427 e. The second-order valence-corrected chi connectivity index (χ2v) is 4.18. The van der Waals surface area contributed by atoms with Gasteiger partial charge in [-0.05, 0) is 25.7 Å². The largest absolute Gasteiger partial charge is 0.458 e. The van der Waals surface area contributed by atoms with Crippen LogP contribution in [0.4, 0.5) is 4.39 Å². The summed E-state index contributed by atoms with van der Waals surface area (Å²) in [6.07, 6.45) is 3.17. The van der Waals surface area contributed by atoms with Crippen LogP contribution < -0.4 is 0 Å². The average molecular weight is 188 g/mol. The van der Waals surface area contributed by atoms with E-state index in [9.17, 15) is 14.4 Å². The summed E-state index contributed by atoms with van der Waals surface area (Å²) in [6, 6.07) is 0. The summed E-state index contributed by atoms with van der Waals surface area (Å²) in [5, 5.41) is 18.0. The van der Waals surface area contributed by atoms with Gasteiger partial charge in [0.2, 0.25) is 0 Å². The minimum atomic E-state index is -1.36. The molecule has 4 heteroatoms. The summed E-state index contributed by atoms with van der Waals surface area (Å²) in [4.78, 5) is 0. The lowest BCUT2D eigenvalue weighted by molar-refractivity contribution is 0.170. The maximum Gasteiger partial charge on any atom is 0.458 e. The summed E-state index contributed by atoms with van der Waals surface area (Å²) in [5.41, 5.74) is 0. The molecule has 1 aliphatic carbocycles. The standard InChI is InChI=1S/C9H18BFO2/c1-2-5-9(10(12)13)6-3-4-8(11)7-9/h8,12-13H,2-7H2,1H3. The molecule has 76 valence electrons. The van der Waals surface area contributed by atoms with Gasteiger partial charge in [0.25, 0.3) is 0 Å². The summed E-state index contributed by atoms with van der Waals surface area (Å²) in [5.74, 6) is 0. The van der Waals surface area contributed by atoms with E-state index in [1.54, 1.807) is 0 Å². The molecule has 0 saturated heterocycles. The monoisotopic (exact) mass is 188 g/mol. The van der Waals surface area contributed by atoms with Crippen molar-refractivity contribution in [2.24, 2.45) is 0 Å². The maximum absolute atomic E-state index is 13.1. The van der Waals surface area contributed by atoms with Crippen molar-refractivity contribution in [3.63, 3.8) is 0 Å². The lowest BCUT2D eigenvalue weighted by Crippen LogP contribution is -2.38. The van der Waals surface area contributed by atoms with Gasteiger partial charge in [-0.2, -0.15) is 0 Å². The van der Waals surface area contributed by atoms with E-state index in [1.165, 1.54) is 0 Å². The molecule has 2 unspecified atom stereocenters. The van der Waals surface area contributed by atoms with Gasteiger partial charge in [0.1, 0.15) is 6.17 Å². The normalized spacial score (nSPS) is 34.6. The van der Waals surface area contributed by atoms with Crippen molar-refractivity contribution in [1.82, 2.24) is 0 Å². The maximum atomic E-state index is 13.1. The average Bonchev–Trinajstić information content (AvgIpc) is 2.04.